The summed E-state index contributed by atoms with van der Waals surface area (Å²) in [5.41, 5.74) is 5.10. The number of likely N-dealkylation sites (N-methyl/N-ethyl adjacent to an activating group) is 1. The van der Waals surface area contributed by atoms with E-state index in [0.717, 1.165) is 16.7 Å². The number of carbonyl (C=O) groups excluding carboxylic acids is 3. The number of rotatable bonds is 3. The second kappa shape index (κ2) is 8.29. The Balaban J connectivity index is 1.75. The number of hydrogen-bond acceptors (Lipinski definition) is 8. The zero-order valence-electron chi connectivity index (χ0n) is 20.6. The van der Waals surface area contributed by atoms with Gasteiger partial charge in [0.05, 0.1) is 11.6 Å². The molecular weight excluding hydrogens is 476 g/mol. The van der Waals surface area contributed by atoms with Crippen LogP contribution in [0.15, 0.2) is 53.3 Å². The highest BCUT2D eigenvalue weighted by Crippen LogP contribution is 2.53. The third-order valence-electron chi connectivity index (χ3n) is 7.93. The number of aliphatic hydroxyl groups is 3. The van der Waals surface area contributed by atoms with Crippen molar-refractivity contribution in [1.29, 1.82) is 0 Å². The molecule has 1 fully saturated rings. The number of nitrogens with zero attached hydrogens (tertiary/aromatic N) is 1. The molecular formula is C28H28N2O7. The van der Waals surface area contributed by atoms with Gasteiger partial charge in [-0.2, -0.15) is 0 Å². The molecule has 9 heteroatoms. The second-order valence-corrected chi connectivity index (χ2v) is 10.3. The Morgan fingerprint density at radius 2 is 1.81 bits per heavy atom. The Bertz CT molecular complexity index is 1450. The molecule has 192 valence electrons. The second-order valence-electron chi connectivity index (χ2n) is 10.3. The number of fused-ring (bicyclic) bond motifs is 3. The zero-order valence-corrected chi connectivity index (χ0v) is 20.6. The molecule has 0 spiro atoms. The lowest BCUT2D eigenvalue weighted by Gasteiger charge is -2.50. The van der Waals surface area contributed by atoms with Gasteiger partial charge in [-0.15, -0.1) is 0 Å². The molecule has 0 unspecified atom stereocenters. The predicted molar refractivity (Wildman–Crippen MR) is 134 cm³/mol. The van der Waals surface area contributed by atoms with Crippen molar-refractivity contribution >= 4 is 23.2 Å². The first-order valence-electron chi connectivity index (χ1n) is 12.0. The summed E-state index contributed by atoms with van der Waals surface area (Å²) >= 11 is 0. The summed E-state index contributed by atoms with van der Waals surface area (Å²) in [5, 5.41) is 44.6. The van der Waals surface area contributed by atoms with Crippen LogP contribution >= 0.6 is 0 Å². The fraction of sp³-hybridized carbons (Fsp3) is 0.321. The topological polar surface area (TPSA) is 161 Å². The first-order chi connectivity index (χ1) is 17.4. The fourth-order valence-corrected chi connectivity index (χ4v) is 6.33. The van der Waals surface area contributed by atoms with Crippen molar-refractivity contribution in [2.45, 2.75) is 31.4 Å². The SMILES string of the molecule is Cc1cccc(-c2ccc(O)c3c2C[C@@H]2C[C@@H]4[C@@H](N(C)C)C(=O)C(C(N)=O)=C(O)[C@]4(O)C(=O)C2=C3O)c1. The van der Waals surface area contributed by atoms with Gasteiger partial charge in [-0.25, -0.2) is 0 Å². The standard InChI is InChI=1S/C28H28N2O7/c1-12-5-4-6-13(9-12)15-7-8-18(31)20-16(15)10-14-11-17-22(30(2)3)24(33)21(27(29)36)26(35)28(17,37)25(34)19(14)23(20)32/h4-9,14,17,22,31-32,35,37H,10-11H2,1-3H3,(H2,29,36)/t14-,17-,22-,28-/m1/s1. The van der Waals surface area contributed by atoms with Crippen LogP contribution in [0.3, 0.4) is 0 Å². The third-order valence-corrected chi connectivity index (χ3v) is 7.93. The van der Waals surface area contributed by atoms with Crippen LogP contribution < -0.4 is 5.73 Å². The minimum absolute atomic E-state index is 0.0503. The molecule has 0 aliphatic heterocycles. The van der Waals surface area contributed by atoms with Crippen molar-refractivity contribution in [3.8, 4) is 16.9 Å². The number of aromatic hydroxyl groups is 1. The van der Waals surface area contributed by atoms with Gasteiger partial charge in [-0.3, -0.25) is 19.3 Å². The summed E-state index contributed by atoms with van der Waals surface area (Å²) in [6.45, 7) is 1.95. The summed E-state index contributed by atoms with van der Waals surface area (Å²) in [5.74, 6) is -6.61. The molecule has 9 nitrogen and oxygen atoms in total. The summed E-state index contributed by atoms with van der Waals surface area (Å²) in [4.78, 5) is 40.6. The van der Waals surface area contributed by atoms with Crippen LogP contribution in [0.5, 0.6) is 5.75 Å². The maximum absolute atomic E-state index is 13.9. The average Bonchev–Trinajstić information content (AvgIpc) is 2.81. The predicted octanol–water partition coefficient (Wildman–Crippen LogP) is 1.94. The van der Waals surface area contributed by atoms with Crippen molar-refractivity contribution in [1.82, 2.24) is 4.90 Å². The van der Waals surface area contributed by atoms with E-state index >= 15 is 0 Å². The van der Waals surface area contributed by atoms with Crippen LogP contribution in [0.25, 0.3) is 16.9 Å². The largest absolute Gasteiger partial charge is 0.508 e. The van der Waals surface area contributed by atoms with Gasteiger partial charge in [0, 0.05) is 11.5 Å². The molecule has 0 bridgehead atoms. The molecule has 0 heterocycles. The molecule has 2 aromatic carbocycles. The van der Waals surface area contributed by atoms with Crippen LogP contribution in [0, 0.1) is 18.8 Å². The summed E-state index contributed by atoms with van der Waals surface area (Å²) in [7, 11) is 3.14. The summed E-state index contributed by atoms with van der Waals surface area (Å²) < 4.78 is 0. The number of carbonyl (C=O) groups is 3. The van der Waals surface area contributed by atoms with Gasteiger partial charge in [0.1, 0.15) is 22.8 Å². The van der Waals surface area contributed by atoms with E-state index in [1.165, 1.54) is 11.0 Å². The number of nitrogens with two attached hydrogens (primary N) is 1. The quantitative estimate of drug-likeness (QED) is 0.396. The van der Waals surface area contributed by atoms with Crippen molar-refractivity contribution in [2.75, 3.05) is 14.1 Å². The van der Waals surface area contributed by atoms with Crippen LogP contribution in [-0.4, -0.2) is 68.5 Å². The number of primary amides is 1. The van der Waals surface area contributed by atoms with Gasteiger partial charge in [0.2, 0.25) is 5.78 Å². The number of aryl methyl sites for hydroxylation is 1. The van der Waals surface area contributed by atoms with Gasteiger partial charge in [-0.05, 0) is 62.5 Å². The van der Waals surface area contributed by atoms with Gasteiger partial charge in [0.15, 0.2) is 11.4 Å². The number of phenols is 1. The first-order valence-corrected chi connectivity index (χ1v) is 12.0. The van der Waals surface area contributed by atoms with Gasteiger partial charge in [0.25, 0.3) is 5.91 Å². The van der Waals surface area contributed by atoms with Crippen molar-refractivity contribution in [2.24, 2.45) is 17.6 Å². The Labute approximate surface area is 213 Å². The number of Topliss-reactive ketones (excluding diaryl/α,β-unsaturated/α-hetero) is 2. The number of amides is 1. The van der Waals surface area contributed by atoms with E-state index in [1.807, 2.05) is 31.2 Å². The van der Waals surface area contributed by atoms with Crippen LogP contribution in [0.1, 0.15) is 23.1 Å². The van der Waals surface area contributed by atoms with Gasteiger partial charge >= 0.3 is 0 Å². The smallest absolute Gasteiger partial charge is 0.255 e. The summed E-state index contributed by atoms with van der Waals surface area (Å²) in [6.07, 6.45) is 0.293. The lowest BCUT2D eigenvalue weighted by molar-refractivity contribution is -0.153. The third kappa shape index (κ3) is 3.34. The van der Waals surface area contributed by atoms with E-state index in [0.29, 0.717) is 5.56 Å². The van der Waals surface area contributed by atoms with E-state index < -0.39 is 58.0 Å². The minimum Gasteiger partial charge on any atom is -0.508 e. The normalized spacial score (nSPS) is 27.2. The molecule has 2 aromatic rings. The number of aliphatic hydroxyl groups excluding tert-OH is 2. The Hall–Kier alpha value is -3.95. The number of phenolic OH excluding ortho intramolecular Hbond substituents is 1. The van der Waals surface area contributed by atoms with Crippen molar-refractivity contribution in [3.63, 3.8) is 0 Å². The van der Waals surface area contributed by atoms with Gasteiger partial charge in [-0.1, -0.05) is 35.9 Å². The maximum atomic E-state index is 13.9. The first kappa shape index (κ1) is 24.7. The van der Waals surface area contributed by atoms with E-state index in [9.17, 15) is 34.8 Å². The zero-order chi connectivity index (χ0) is 27.0. The maximum Gasteiger partial charge on any atom is 0.255 e. The monoisotopic (exact) mass is 504 g/mol. The Kier molecular flexibility index (Phi) is 5.54. The highest BCUT2D eigenvalue weighted by Gasteiger charge is 2.64. The molecule has 37 heavy (non-hydrogen) atoms. The fourth-order valence-electron chi connectivity index (χ4n) is 6.33. The Morgan fingerprint density at radius 3 is 2.43 bits per heavy atom. The van der Waals surface area contributed by atoms with E-state index in [4.69, 9.17) is 5.73 Å². The highest BCUT2D eigenvalue weighted by molar-refractivity contribution is 6.24. The lowest BCUT2D eigenvalue weighted by Crippen LogP contribution is -2.65. The molecule has 3 aliphatic rings. The molecule has 0 saturated heterocycles. The minimum atomic E-state index is -2.64. The molecule has 1 saturated carbocycles. The van der Waals surface area contributed by atoms with Gasteiger partial charge < -0.3 is 26.2 Å². The van der Waals surface area contributed by atoms with Crippen LogP contribution in [0.4, 0.5) is 0 Å². The van der Waals surface area contributed by atoms with E-state index in [2.05, 4.69) is 0 Å². The summed E-state index contributed by atoms with van der Waals surface area (Å²) in [6, 6.07) is 9.82. The molecule has 1 amide bonds. The van der Waals surface area contributed by atoms with Crippen molar-refractivity contribution in [3.05, 3.63) is 70.0 Å². The van der Waals surface area contributed by atoms with E-state index in [-0.39, 0.29) is 29.7 Å². The molecule has 3 aliphatic carbocycles. The number of ketones is 2. The van der Waals surface area contributed by atoms with Crippen LogP contribution in [-0.2, 0) is 20.8 Å². The molecule has 6 N–H and O–H groups in total. The highest BCUT2D eigenvalue weighted by atomic mass is 16.3. The number of hydrogen-bond donors (Lipinski definition) is 5. The molecule has 0 radical (unpaired) electrons. The van der Waals surface area contributed by atoms with E-state index in [1.54, 1.807) is 20.2 Å². The van der Waals surface area contributed by atoms with Crippen LogP contribution in [0.2, 0.25) is 0 Å². The van der Waals surface area contributed by atoms with Crippen molar-refractivity contribution < 1.29 is 34.8 Å². The Morgan fingerprint density at radius 1 is 1.11 bits per heavy atom. The number of benzene rings is 2. The molecule has 0 aromatic heterocycles. The molecule has 4 atom stereocenters. The lowest BCUT2D eigenvalue weighted by atomic mass is 9.57. The molecule has 5 rings (SSSR count). The average molecular weight is 505 g/mol.